The van der Waals surface area contributed by atoms with Crippen molar-refractivity contribution in [2.24, 2.45) is 5.41 Å². The van der Waals surface area contributed by atoms with Crippen LogP contribution in [0.4, 0.5) is 0 Å². The van der Waals surface area contributed by atoms with Gasteiger partial charge in [0.2, 0.25) is 11.4 Å². The Hall–Kier alpha value is -3.19. The van der Waals surface area contributed by atoms with Crippen molar-refractivity contribution in [2.45, 2.75) is 40.2 Å². The van der Waals surface area contributed by atoms with Gasteiger partial charge in [0.1, 0.15) is 0 Å². The van der Waals surface area contributed by atoms with Crippen LogP contribution in [-0.2, 0) is 19.4 Å². The summed E-state index contributed by atoms with van der Waals surface area (Å²) in [6.07, 6.45) is 2.18. The Morgan fingerprint density at radius 2 is 1.29 bits per heavy atom. The SMILES string of the molecule is CC(C)(C)C[n+]1c(-c2ccccc2)cc(-c2ccccc2)c2c1-c1ccccc1CC2. The highest BCUT2D eigenvalue weighted by Crippen LogP contribution is 2.39. The summed E-state index contributed by atoms with van der Waals surface area (Å²) in [5.74, 6) is 0. The first kappa shape index (κ1) is 19.8. The van der Waals surface area contributed by atoms with E-state index >= 15 is 0 Å². The molecule has 0 fully saturated rings. The zero-order valence-corrected chi connectivity index (χ0v) is 18.7. The molecule has 1 aliphatic rings. The summed E-state index contributed by atoms with van der Waals surface area (Å²) in [5.41, 5.74) is 11.1. The molecular weight excluding hydrogens is 374 g/mol. The van der Waals surface area contributed by atoms with Gasteiger partial charge in [-0.15, -0.1) is 0 Å². The molecule has 0 unspecified atom stereocenters. The molecule has 1 aliphatic carbocycles. The molecule has 1 heteroatoms. The minimum absolute atomic E-state index is 0.169. The average Bonchev–Trinajstić information content (AvgIpc) is 2.79. The lowest BCUT2D eigenvalue weighted by atomic mass is 9.83. The van der Waals surface area contributed by atoms with Crippen LogP contribution < -0.4 is 4.57 Å². The molecular formula is C30H30N+. The monoisotopic (exact) mass is 404 g/mol. The van der Waals surface area contributed by atoms with Crippen molar-refractivity contribution in [2.75, 3.05) is 0 Å². The van der Waals surface area contributed by atoms with Gasteiger partial charge in [-0.05, 0) is 47.7 Å². The lowest BCUT2D eigenvalue weighted by molar-refractivity contribution is -0.687. The highest BCUT2D eigenvalue weighted by atomic mass is 15.0. The van der Waals surface area contributed by atoms with Gasteiger partial charge in [-0.25, -0.2) is 0 Å². The summed E-state index contributed by atoms with van der Waals surface area (Å²) in [6.45, 7) is 7.98. The Morgan fingerprint density at radius 3 is 1.97 bits per heavy atom. The Kier molecular flexibility index (Phi) is 4.98. The van der Waals surface area contributed by atoms with E-state index in [9.17, 15) is 0 Å². The molecule has 0 bridgehead atoms. The standard InChI is InChI=1S/C30H30N/c1-30(2,3)21-31-28(24-15-8-5-9-16-24)20-27(22-12-6-4-7-13-22)26-19-18-23-14-10-11-17-25(23)29(26)31/h4-17,20H,18-19,21H2,1-3H3/q+1. The van der Waals surface area contributed by atoms with Gasteiger partial charge >= 0.3 is 0 Å². The maximum Gasteiger partial charge on any atom is 0.217 e. The van der Waals surface area contributed by atoms with Crippen molar-refractivity contribution in [3.8, 4) is 33.6 Å². The van der Waals surface area contributed by atoms with Crippen LogP contribution in [0, 0.1) is 5.41 Å². The van der Waals surface area contributed by atoms with Gasteiger partial charge in [-0.3, -0.25) is 0 Å². The van der Waals surface area contributed by atoms with Gasteiger partial charge in [-0.2, -0.15) is 4.57 Å². The molecule has 0 N–H and O–H groups in total. The first-order chi connectivity index (χ1) is 15.0. The third-order valence-electron chi connectivity index (χ3n) is 6.16. The molecule has 0 amide bonds. The molecule has 0 atom stereocenters. The molecule has 31 heavy (non-hydrogen) atoms. The summed E-state index contributed by atoms with van der Waals surface area (Å²) < 4.78 is 2.59. The average molecular weight is 405 g/mol. The first-order valence-corrected chi connectivity index (χ1v) is 11.3. The number of benzene rings is 3. The van der Waals surface area contributed by atoms with Crippen molar-refractivity contribution in [1.29, 1.82) is 0 Å². The van der Waals surface area contributed by atoms with Gasteiger partial charge in [0.25, 0.3) is 0 Å². The first-order valence-electron chi connectivity index (χ1n) is 11.3. The van der Waals surface area contributed by atoms with Gasteiger partial charge < -0.3 is 0 Å². The van der Waals surface area contributed by atoms with E-state index in [1.807, 2.05) is 0 Å². The van der Waals surface area contributed by atoms with Gasteiger partial charge in [-0.1, -0.05) is 87.5 Å². The van der Waals surface area contributed by atoms with Crippen LogP contribution >= 0.6 is 0 Å². The normalized spacial score (nSPS) is 12.9. The van der Waals surface area contributed by atoms with Gasteiger partial charge in [0, 0.05) is 28.2 Å². The maximum absolute atomic E-state index is 2.59. The van der Waals surface area contributed by atoms with Crippen LogP contribution in [0.15, 0.2) is 91.0 Å². The molecule has 1 nitrogen and oxygen atoms in total. The zero-order valence-electron chi connectivity index (χ0n) is 18.7. The lowest BCUT2D eigenvalue weighted by Gasteiger charge is -2.25. The van der Waals surface area contributed by atoms with E-state index < -0.39 is 0 Å². The van der Waals surface area contributed by atoms with Crippen molar-refractivity contribution >= 4 is 0 Å². The second-order valence-corrected chi connectivity index (χ2v) is 9.81. The van der Waals surface area contributed by atoms with Crippen molar-refractivity contribution in [1.82, 2.24) is 0 Å². The number of pyridine rings is 1. The van der Waals surface area contributed by atoms with E-state index in [0.29, 0.717) is 0 Å². The number of nitrogens with zero attached hydrogens (tertiary/aromatic N) is 1. The Bertz CT molecular complexity index is 1210. The van der Waals surface area contributed by atoms with Crippen LogP contribution in [0.2, 0.25) is 0 Å². The van der Waals surface area contributed by atoms with E-state index in [1.54, 1.807) is 0 Å². The largest absolute Gasteiger partial charge is 0.217 e. The lowest BCUT2D eigenvalue weighted by Crippen LogP contribution is -2.46. The minimum Gasteiger partial charge on any atom is -0.191 e. The van der Waals surface area contributed by atoms with Crippen LogP contribution in [-0.4, -0.2) is 0 Å². The summed E-state index contributed by atoms with van der Waals surface area (Å²) in [6, 6.07) is 33.2. The molecule has 0 aliphatic heterocycles. The molecule has 5 rings (SSSR count). The van der Waals surface area contributed by atoms with Crippen LogP contribution in [0.1, 0.15) is 31.9 Å². The predicted molar refractivity (Wildman–Crippen MR) is 130 cm³/mol. The second kappa shape index (κ2) is 7.81. The molecule has 0 saturated heterocycles. The highest BCUT2D eigenvalue weighted by Gasteiger charge is 2.33. The summed E-state index contributed by atoms with van der Waals surface area (Å²) in [4.78, 5) is 0. The number of fused-ring (bicyclic) bond motifs is 3. The molecule has 154 valence electrons. The fraction of sp³-hybridized carbons (Fsp3) is 0.233. The fourth-order valence-electron chi connectivity index (χ4n) is 4.86. The second-order valence-electron chi connectivity index (χ2n) is 9.81. The minimum atomic E-state index is 0.169. The van der Waals surface area contributed by atoms with Crippen molar-refractivity contribution in [3.63, 3.8) is 0 Å². The topological polar surface area (TPSA) is 3.88 Å². The molecule has 1 heterocycles. The maximum atomic E-state index is 2.59. The molecule has 4 aromatic rings. The van der Waals surface area contributed by atoms with E-state index in [0.717, 1.165) is 19.4 Å². The molecule has 0 radical (unpaired) electrons. The smallest absolute Gasteiger partial charge is 0.191 e. The highest BCUT2D eigenvalue weighted by molar-refractivity contribution is 5.80. The predicted octanol–water partition coefficient (Wildman–Crippen LogP) is 7.12. The van der Waals surface area contributed by atoms with Gasteiger partial charge in [0.05, 0.1) is 0 Å². The molecule has 3 aromatic carbocycles. The summed E-state index contributed by atoms with van der Waals surface area (Å²) in [7, 11) is 0. The summed E-state index contributed by atoms with van der Waals surface area (Å²) >= 11 is 0. The summed E-state index contributed by atoms with van der Waals surface area (Å²) in [5, 5.41) is 0. The van der Waals surface area contributed by atoms with E-state index in [-0.39, 0.29) is 5.41 Å². The van der Waals surface area contributed by atoms with E-state index in [2.05, 4.69) is 116 Å². The quantitative estimate of drug-likeness (QED) is 0.320. The fourth-order valence-corrected chi connectivity index (χ4v) is 4.86. The molecule has 1 aromatic heterocycles. The number of aryl methyl sites for hydroxylation is 1. The van der Waals surface area contributed by atoms with E-state index in [4.69, 9.17) is 0 Å². The number of aromatic nitrogens is 1. The Morgan fingerprint density at radius 1 is 0.677 bits per heavy atom. The third kappa shape index (κ3) is 3.81. The Labute approximate surface area is 186 Å². The zero-order chi connectivity index (χ0) is 21.4. The van der Waals surface area contributed by atoms with Crippen molar-refractivity contribution < 1.29 is 4.57 Å². The molecule has 0 spiro atoms. The number of hydrogen-bond acceptors (Lipinski definition) is 0. The Balaban J connectivity index is 1.89. The van der Waals surface area contributed by atoms with Crippen molar-refractivity contribution in [3.05, 3.63) is 102 Å². The van der Waals surface area contributed by atoms with E-state index in [1.165, 1.54) is 44.8 Å². The number of hydrogen-bond donors (Lipinski definition) is 0. The number of rotatable bonds is 3. The third-order valence-corrected chi connectivity index (χ3v) is 6.16. The van der Waals surface area contributed by atoms with Crippen LogP contribution in [0.25, 0.3) is 33.6 Å². The van der Waals surface area contributed by atoms with Crippen LogP contribution in [0.5, 0.6) is 0 Å². The van der Waals surface area contributed by atoms with Gasteiger partial charge in [0.15, 0.2) is 6.54 Å². The van der Waals surface area contributed by atoms with Crippen LogP contribution in [0.3, 0.4) is 0 Å². The molecule has 0 saturated carbocycles.